The zero-order valence-electron chi connectivity index (χ0n) is 20.7. The van der Waals surface area contributed by atoms with E-state index in [1.54, 1.807) is 0 Å². The van der Waals surface area contributed by atoms with Crippen molar-refractivity contribution in [3.8, 4) is 0 Å². The SMILES string of the molecule is CC/C=C/C(=C\CCC)c1cccc([C@H](NC(=O)c2cccc(C(F)(F)F)c2Cl)C2(O)CCCC2)c1. The van der Waals surface area contributed by atoms with E-state index in [0.717, 1.165) is 55.4 Å². The zero-order valence-corrected chi connectivity index (χ0v) is 21.4. The monoisotopic (exact) mass is 519 g/mol. The van der Waals surface area contributed by atoms with Gasteiger partial charge in [-0.15, -0.1) is 0 Å². The lowest BCUT2D eigenvalue weighted by molar-refractivity contribution is -0.137. The Morgan fingerprint density at radius 3 is 2.50 bits per heavy atom. The number of unbranched alkanes of at least 4 members (excludes halogenated alkanes) is 1. The van der Waals surface area contributed by atoms with Crippen LogP contribution in [0.25, 0.3) is 5.57 Å². The number of hydrogen-bond donors (Lipinski definition) is 2. The molecule has 1 fully saturated rings. The van der Waals surface area contributed by atoms with Crippen molar-refractivity contribution in [2.24, 2.45) is 0 Å². The van der Waals surface area contributed by atoms with E-state index in [9.17, 15) is 23.1 Å². The summed E-state index contributed by atoms with van der Waals surface area (Å²) in [5.74, 6) is -0.755. The maximum Gasteiger partial charge on any atom is 0.417 e. The zero-order chi connectivity index (χ0) is 26.3. The fourth-order valence-corrected chi connectivity index (χ4v) is 4.98. The van der Waals surface area contributed by atoms with Crippen molar-refractivity contribution in [2.45, 2.75) is 76.6 Å². The minimum Gasteiger partial charge on any atom is -0.387 e. The number of carbonyl (C=O) groups is 1. The van der Waals surface area contributed by atoms with Gasteiger partial charge in [0.25, 0.3) is 5.91 Å². The molecule has 1 aliphatic rings. The average molecular weight is 520 g/mol. The van der Waals surface area contributed by atoms with Gasteiger partial charge in [-0.05, 0) is 60.6 Å². The van der Waals surface area contributed by atoms with Crippen molar-refractivity contribution in [2.75, 3.05) is 0 Å². The molecule has 7 heteroatoms. The van der Waals surface area contributed by atoms with E-state index in [1.165, 1.54) is 6.07 Å². The number of amides is 1. The van der Waals surface area contributed by atoms with Crippen LogP contribution in [0.4, 0.5) is 13.2 Å². The molecule has 0 bridgehead atoms. The van der Waals surface area contributed by atoms with Crippen LogP contribution < -0.4 is 5.32 Å². The molecule has 3 rings (SSSR count). The predicted molar refractivity (Wildman–Crippen MR) is 139 cm³/mol. The van der Waals surface area contributed by atoms with Crippen molar-refractivity contribution in [3.63, 3.8) is 0 Å². The van der Waals surface area contributed by atoms with Gasteiger partial charge in [-0.3, -0.25) is 4.79 Å². The molecule has 0 unspecified atom stereocenters. The van der Waals surface area contributed by atoms with Crippen LogP contribution in [0.3, 0.4) is 0 Å². The molecule has 0 radical (unpaired) electrons. The van der Waals surface area contributed by atoms with Gasteiger partial charge in [-0.1, -0.05) is 87.2 Å². The second-order valence-electron chi connectivity index (χ2n) is 9.27. The highest BCUT2D eigenvalue weighted by molar-refractivity contribution is 6.34. The molecule has 2 aromatic rings. The fraction of sp³-hybridized carbons (Fsp3) is 0.414. The molecule has 1 aliphatic carbocycles. The largest absolute Gasteiger partial charge is 0.417 e. The van der Waals surface area contributed by atoms with E-state index in [-0.39, 0.29) is 5.56 Å². The molecule has 0 heterocycles. The summed E-state index contributed by atoms with van der Waals surface area (Å²) in [6, 6.07) is 10.1. The molecular formula is C29H33ClF3NO2. The number of aliphatic hydroxyl groups is 1. The van der Waals surface area contributed by atoms with E-state index in [4.69, 9.17) is 11.6 Å². The van der Waals surface area contributed by atoms with Crippen LogP contribution in [-0.2, 0) is 6.18 Å². The molecule has 0 aromatic heterocycles. The maximum atomic E-state index is 13.4. The molecule has 2 N–H and O–H groups in total. The Morgan fingerprint density at radius 1 is 1.17 bits per heavy atom. The Hall–Kier alpha value is -2.57. The Kier molecular flexibility index (Phi) is 9.42. The second kappa shape index (κ2) is 12.1. The first-order chi connectivity index (χ1) is 17.1. The number of nitrogens with one attached hydrogen (secondary N) is 1. The van der Waals surface area contributed by atoms with E-state index in [1.807, 2.05) is 24.3 Å². The van der Waals surface area contributed by atoms with Crippen molar-refractivity contribution in [1.82, 2.24) is 5.32 Å². The number of carbonyl (C=O) groups excluding carboxylic acids is 1. The summed E-state index contributed by atoms with van der Waals surface area (Å²) in [4.78, 5) is 13.2. The lowest BCUT2D eigenvalue weighted by Crippen LogP contribution is -2.44. The van der Waals surface area contributed by atoms with Crippen LogP contribution in [-0.4, -0.2) is 16.6 Å². The fourth-order valence-electron chi connectivity index (χ4n) is 4.66. The molecule has 0 spiro atoms. The van der Waals surface area contributed by atoms with Crippen molar-refractivity contribution >= 4 is 23.1 Å². The third-order valence-electron chi connectivity index (χ3n) is 6.57. The molecular weight excluding hydrogens is 487 g/mol. The number of allylic oxidation sites excluding steroid dienone is 4. The highest BCUT2D eigenvalue weighted by Crippen LogP contribution is 2.41. The third kappa shape index (κ3) is 6.60. The smallest absolute Gasteiger partial charge is 0.387 e. The molecule has 1 amide bonds. The van der Waals surface area contributed by atoms with Crippen molar-refractivity contribution in [1.29, 1.82) is 0 Å². The minimum absolute atomic E-state index is 0.274. The van der Waals surface area contributed by atoms with Gasteiger partial charge in [0.15, 0.2) is 0 Å². The first kappa shape index (κ1) is 28.0. The van der Waals surface area contributed by atoms with Crippen LogP contribution in [0.5, 0.6) is 0 Å². The standard InChI is InChI=1S/C29H33ClF3NO2/c1-3-5-11-20(12-6-4-2)21-13-9-14-22(19-21)26(28(36)17-7-8-18-28)34-27(35)23-15-10-16-24(25(23)30)29(31,32)33/h5,9-16,19,26,36H,3-4,6-8,17-18H2,1-2H3,(H,34,35)/b11-5+,20-12+/t26-/m0/s1. The Morgan fingerprint density at radius 2 is 1.86 bits per heavy atom. The van der Waals surface area contributed by atoms with E-state index in [0.29, 0.717) is 18.4 Å². The summed E-state index contributed by atoms with van der Waals surface area (Å²) in [7, 11) is 0. The number of halogens is 4. The van der Waals surface area contributed by atoms with E-state index < -0.39 is 34.3 Å². The summed E-state index contributed by atoms with van der Waals surface area (Å²) >= 11 is 6.02. The maximum absolute atomic E-state index is 13.4. The molecule has 3 nitrogen and oxygen atoms in total. The first-order valence-corrected chi connectivity index (χ1v) is 12.8. The van der Waals surface area contributed by atoms with E-state index >= 15 is 0 Å². The minimum atomic E-state index is -4.68. The lowest BCUT2D eigenvalue weighted by Gasteiger charge is -2.34. The van der Waals surface area contributed by atoms with Gasteiger partial charge >= 0.3 is 6.18 Å². The van der Waals surface area contributed by atoms with Crippen LogP contribution in [0.15, 0.2) is 60.7 Å². The molecule has 2 aromatic carbocycles. The number of benzene rings is 2. The number of hydrogen-bond acceptors (Lipinski definition) is 2. The van der Waals surface area contributed by atoms with Gasteiger partial charge in [-0.2, -0.15) is 13.2 Å². The van der Waals surface area contributed by atoms with Gasteiger partial charge in [0.2, 0.25) is 0 Å². The Balaban J connectivity index is 2.02. The van der Waals surface area contributed by atoms with Crippen LogP contribution >= 0.6 is 11.6 Å². The number of alkyl halides is 3. The Labute approximate surface area is 216 Å². The highest BCUT2D eigenvalue weighted by Gasteiger charge is 2.42. The summed E-state index contributed by atoms with van der Waals surface area (Å²) in [6.07, 6.45) is 6.97. The topological polar surface area (TPSA) is 49.3 Å². The van der Waals surface area contributed by atoms with Crippen LogP contribution in [0.2, 0.25) is 5.02 Å². The van der Waals surface area contributed by atoms with Gasteiger partial charge in [0.05, 0.1) is 27.8 Å². The molecule has 1 saturated carbocycles. The molecule has 194 valence electrons. The van der Waals surface area contributed by atoms with Gasteiger partial charge in [0.1, 0.15) is 0 Å². The van der Waals surface area contributed by atoms with Gasteiger partial charge in [0, 0.05) is 0 Å². The van der Waals surface area contributed by atoms with Crippen molar-refractivity contribution < 1.29 is 23.1 Å². The van der Waals surface area contributed by atoms with E-state index in [2.05, 4.69) is 37.4 Å². The average Bonchev–Trinajstić information content (AvgIpc) is 3.29. The lowest BCUT2D eigenvalue weighted by atomic mass is 9.85. The molecule has 1 atom stereocenters. The van der Waals surface area contributed by atoms with Crippen LogP contribution in [0, 0.1) is 0 Å². The molecule has 36 heavy (non-hydrogen) atoms. The van der Waals surface area contributed by atoms with Crippen LogP contribution in [0.1, 0.15) is 91.9 Å². The quantitative estimate of drug-likeness (QED) is 0.327. The summed E-state index contributed by atoms with van der Waals surface area (Å²) in [6.45, 7) is 4.17. The second-order valence-corrected chi connectivity index (χ2v) is 9.64. The summed E-state index contributed by atoms with van der Waals surface area (Å²) in [5.41, 5.74) is 0.135. The van der Waals surface area contributed by atoms with Gasteiger partial charge in [-0.25, -0.2) is 0 Å². The highest BCUT2D eigenvalue weighted by atomic mass is 35.5. The third-order valence-corrected chi connectivity index (χ3v) is 6.98. The van der Waals surface area contributed by atoms with Crippen molar-refractivity contribution in [3.05, 3.63) is 88.0 Å². The van der Waals surface area contributed by atoms with Gasteiger partial charge < -0.3 is 10.4 Å². The number of rotatable bonds is 9. The first-order valence-electron chi connectivity index (χ1n) is 12.5. The normalized spacial score (nSPS) is 16.9. The Bertz CT molecular complexity index is 1120. The molecule has 0 saturated heterocycles. The summed E-state index contributed by atoms with van der Waals surface area (Å²) < 4.78 is 40.1. The summed E-state index contributed by atoms with van der Waals surface area (Å²) in [5, 5.41) is 13.7. The predicted octanol–water partition coefficient (Wildman–Crippen LogP) is 8.28. The molecule has 0 aliphatic heterocycles.